The van der Waals surface area contributed by atoms with E-state index in [1.807, 2.05) is 24.3 Å². The van der Waals surface area contributed by atoms with Gasteiger partial charge in [-0.1, -0.05) is 17.7 Å². The van der Waals surface area contributed by atoms with E-state index in [-0.39, 0.29) is 0 Å². The Kier molecular flexibility index (Phi) is 4.27. The Bertz CT molecular complexity index is 328. The standard InChI is InChI=1S/C13H19NO/c1-11(2)8-10-15-13-5-3-12(4-6-13)7-9-14/h3-6,8H,7,9-10,14H2,1-2H3/i/hT. The highest BCUT2D eigenvalue weighted by molar-refractivity contribution is 5.27. The molecule has 2 N–H and O–H groups in total. The second kappa shape index (κ2) is 6.25. The zero-order chi connectivity index (χ0) is 11.8. The van der Waals surface area contributed by atoms with Gasteiger partial charge in [-0.25, -0.2) is 0 Å². The van der Waals surface area contributed by atoms with Gasteiger partial charge in [-0.2, -0.15) is 0 Å². The van der Waals surface area contributed by atoms with Crippen LogP contribution in [0, 0.1) is 0 Å². The predicted molar refractivity (Wildman–Crippen MR) is 64.1 cm³/mol. The van der Waals surface area contributed by atoms with E-state index < -0.39 is 0 Å². The normalized spacial score (nSPS) is 10.7. The first-order valence-electron chi connectivity index (χ1n) is 5.72. The topological polar surface area (TPSA) is 35.2 Å². The molecule has 2 nitrogen and oxygen atoms in total. The third kappa shape index (κ3) is 4.66. The summed E-state index contributed by atoms with van der Waals surface area (Å²) in [5.41, 5.74) is 4.87. The third-order valence-corrected chi connectivity index (χ3v) is 2.08. The van der Waals surface area contributed by atoms with Crippen LogP contribution >= 0.6 is 0 Å². The van der Waals surface area contributed by atoms with Crippen molar-refractivity contribution in [3.8, 4) is 5.75 Å². The fourth-order valence-electron chi connectivity index (χ4n) is 1.20. The predicted octanol–water partition coefficient (Wildman–Crippen LogP) is 2.53. The van der Waals surface area contributed by atoms with Gasteiger partial charge in [0.2, 0.25) is 0 Å². The molecule has 0 spiro atoms. The van der Waals surface area contributed by atoms with E-state index in [0.717, 1.165) is 12.2 Å². The van der Waals surface area contributed by atoms with E-state index in [1.54, 1.807) is 0 Å². The van der Waals surface area contributed by atoms with Gasteiger partial charge in [-0.15, -0.1) is 0 Å². The van der Waals surface area contributed by atoms with Crippen LogP contribution in [-0.4, -0.2) is 13.2 Å². The fraction of sp³-hybridized carbons (Fsp3) is 0.385. The summed E-state index contributed by atoms with van der Waals surface area (Å²) in [5, 5.41) is 0. The minimum atomic E-state index is 0.621. The summed E-state index contributed by atoms with van der Waals surface area (Å²) in [5.74, 6) is 0.889. The number of hydrogen-bond acceptors (Lipinski definition) is 2. The Balaban J connectivity index is 2.42. The van der Waals surface area contributed by atoms with E-state index >= 15 is 0 Å². The zero-order valence-corrected chi connectivity index (χ0v) is 9.42. The highest BCUT2D eigenvalue weighted by Crippen LogP contribution is 2.12. The lowest BCUT2D eigenvalue weighted by atomic mass is 10.1. The minimum absolute atomic E-state index is 0.621. The molecule has 0 heterocycles. The maximum atomic E-state index is 6.84. The van der Waals surface area contributed by atoms with Crippen LogP contribution < -0.4 is 10.5 Å². The summed E-state index contributed by atoms with van der Waals surface area (Å²) in [4.78, 5) is 0. The van der Waals surface area contributed by atoms with Crippen molar-refractivity contribution in [1.29, 1.82) is 0 Å². The average molecular weight is 207 g/mol. The van der Waals surface area contributed by atoms with Gasteiger partial charge in [0.05, 0.1) is 0 Å². The molecule has 2 heteroatoms. The second-order valence-electron chi connectivity index (χ2n) is 3.74. The summed E-state index contributed by atoms with van der Waals surface area (Å²) in [6.07, 6.45) is 2.93. The van der Waals surface area contributed by atoms with E-state index in [1.165, 1.54) is 11.1 Å². The Morgan fingerprint density at radius 3 is 2.73 bits per heavy atom. The van der Waals surface area contributed by atoms with Crippen molar-refractivity contribution < 1.29 is 6.15 Å². The first kappa shape index (κ1) is 10.2. The number of ether oxygens (including phenoxy) is 1. The van der Waals surface area contributed by atoms with E-state index in [0.29, 0.717) is 13.2 Å². The SMILES string of the molecule is [3H]NCCc1ccc(OCC=C(C)C)cc1. The van der Waals surface area contributed by atoms with Gasteiger partial charge in [0.15, 0.2) is 0 Å². The molecule has 0 bridgehead atoms. The number of nitrogens with two attached hydrogens (primary N) is 1. The van der Waals surface area contributed by atoms with Gasteiger partial charge in [0.1, 0.15) is 13.8 Å². The lowest BCUT2D eigenvalue weighted by Gasteiger charge is -2.04. The maximum Gasteiger partial charge on any atom is 0.119 e. The number of rotatable bonds is 6. The molecule has 1 aromatic rings. The highest BCUT2D eigenvalue weighted by atomic mass is 16.5. The molecular formula is C13H19NO. The Morgan fingerprint density at radius 1 is 1.40 bits per heavy atom. The van der Waals surface area contributed by atoms with Crippen LogP contribution in [0.5, 0.6) is 5.75 Å². The van der Waals surface area contributed by atoms with Crippen molar-refractivity contribution in [3.63, 3.8) is 0 Å². The van der Waals surface area contributed by atoms with Crippen molar-refractivity contribution >= 4 is 0 Å². The van der Waals surface area contributed by atoms with Crippen LogP contribution in [0.1, 0.15) is 19.4 Å². The van der Waals surface area contributed by atoms with Gasteiger partial charge in [-0.05, 0) is 50.6 Å². The van der Waals surface area contributed by atoms with Crippen LogP contribution in [0.4, 0.5) is 0 Å². The fourth-order valence-corrected chi connectivity index (χ4v) is 1.20. The molecule has 1 aromatic carbocycles. The van der Waals surface area contributed by atoms with Gasteiger partial charge in [0, 0.05) is 0 Å². The number of benzene rings is 1. The molecule has 0 fully saturated rings. The molecule has 82 valence electrons. The van der Waals surface area contributed by atoms with Gasteiger partial charge >= 0.3 is 0 Å². The molecule has 0 saturated heterocycles. The van der Waals surface area contributed by atoms with E-state index in [4.69, 9.17) is 6.15 Å². The van der Waals surface area contributed by atoms with E-state index in [2.05, 4.69) is 25.7 Å². The second-order valence-corrected chi connectivity index (χ2v) is 3.74. The van der Waals surface area contributed by atoms with Crippen molar-refractivity contribution in [1.82, 2.24) is 0 Å². The van der Waals surface area contributed by atoms with Crippen molar-refractivity contribution in [2.45, 2.75) is 20.3 Å². The van der Waals surface area contributed by atoms with Gasteiger partial charge < -0.3 is 10.5 Å². The third-order valence-electron chi connectivity index (χ3n) is 2.08. The molecular weight excluding hydrogens is 186 g/mol. The molecule has 0 aromatic heterocycles. The first-order valence-corrected chi connectivity index (χ1v) is 5.22. The molecule has 0 radical (unpaired) electrons. The number of hydrogen-bond donors (Lipinski definition) is 1. The summed E-state index contributed by atoms with van der Waals surface area (Å²) in [6.45, 7) is 5.41. The van der Waals surface area contributed by atoms with Crippen LogP contribution in [-0.2, 0) is 6.42 Å². The molecule has 0 aliphatic rings. The lowest BCUT2D eigenvalue weighted by Crippen LogP contribution is -2.02. The molecule has 0 aliphatic carbocycles. The van der Waals surface area contributed by atoms with Crippen LogP contribution in [0.15, 0.2) is 35.9 Å². The Hall–Kier alpha value is -1.28. The van der Waals surface area contributed by atoms with Gasteiger partial charge in [0.25, 0.3) is 0 Å². The Labute approximate surface area is 93.2 Å². The quantitative estimate of drug-likeness (QED) is 0.727. The summed E-state index contributed by atoms with van der Waals surface area (Å²) in [6, 6.07) is 8.01. The van der Waals surface area contributed by atoms with Crippen molar-refractivity contribution in [3.05, 3.63) is 41.5 Å². The number of allylic oxidation sites excluding steroid dienone is 1. The monoisotopic (exact) mass is 207 g/mol. The van der Waals surface area contributed by atoms with Crippen LogP contribution in [0.3, 0.4) is 0 Å². The average Bonchev–Trinajstić information content (AvgIpc) is 2.27. The first-order chi connectivity index (χ1) is 7.72. The highest BCUT2D eigenvalue weighted by Gasteiger charge is 1.93. The minimum Gasteiger partial charge on any atom is -0.490 e. The molecule has 1 rings (SSSR count). The molecule has 0 saturated carbocycles. The van der Waals surface area contributed by atoms with Crippen LogP contribution in [0.2, 0.25) is 1.41 Å². The summed E-state index contributed by atoms with van der Waals surface area (Å²) >= 11 is 0. The summed E-state index contributed by atoms with van der Waals surface area (Å²) in [7, 11) is 0. The molecule has 0 aliphatic heterocycles. The molecule has 15 heavy (non-hydrogen) atoms. The van der Waals surface area contributed by atoms with Crippen molar-refractivity contribution in [2.75, 3.05) is 13.2 Å². The van der Waals surface area contributed by atoms with Crippen molar-refractivity contribution in [2.24, 2.45) is 5.73 Å². The Morgan fingerprint density at radius 2 is 2.13 bits per heavy atom. The molecule has 0 atom stereocenters. The van der Waals surface area contributed by atoms with E-state index in [9.17, 15) is 0 Å². The maximum absolute atomic E-state index is 6.84. The van der Waals surface area contributed by atoms with Gasteiger partial charge in [-0.3, -0.25) is 0 Å². The lowest BCUT2D eigenvalue weighted by molar-refractivity contribution is 0.362. The summed E-state index contributed by atoms with van der Waals surface area (Å²) < 4.78 is 12.4. The zero-order valence-electron chi connectivity index (χ0n) is 10.4. The molecule has 0 unspecified atom stereocenters. The molecule has 0 amide bonds. The smallest absolute Gasteiger partial charge is 0.119 e. The van der Waals surface area contributed by atoms with Crippen LogP contribution in [0.25, 0.3) is 0 Å². The largest absolute Gasteiger partial charge is 0.490 e.